The van der Waals surface area contributed by atoms with Crippen LogP contribution in [0.2, 0.25) is 0 Å². The summed E-state index contributed by atoms with van der Waals surface area (Å²) in [4.78, 5) is 13.4. The molecule has 2 rings (SSSR count). The summed E-state index contributed by atoms with van der Waals surface area (Å²) in [6.07, 6.45) is -13.2. The first-order chi connectivity index (χ1) is 38.9. The minimum absolute atomic E-state index is 0.0959. The van der Waals surface area contributed by atoms with Gasteiger partial charge in [-0.3, -0.25) is 0 Å². The number of carbonyl (C=O) groups is 1. The first-order valence-electron chi connectivity index (χ1n) is 29.9. The van der Waals surface area contributed by atoms with E-state index in [4.69, 9.17) is 19.9 Å². The smallest absolute Gasteiger partial charge is 0.333 e. The Hall–Kier alpha value is -2.63. The zero-order valence-electron chi connectivity index (χ0n) is 50.4. The lowest BCUT2D eigenvalue weighted by atomic mass is 9.82. The highest BCUT2D eigenvalue weighted by Gasteiger charge is 2.46. The van der Waals surface area contributed by atoms with Crippen LogP contribution in [0, 0.1) is 41.4 Å². The van der Waals surface area contributed by atoms with Gasteiger partial charge in [-0.05, 0) is 89.7 Å². The first-order valence-corrected chi connectivity index (χ1v) is 29.9. The van der Waals surface area contributed by atoms with Crippen molar-refractivity contribution in [3.63, 3.8) is 0 Å². The number of ether oxygens (including phenoxy) is 3. The van der Waals surface area contributed by atoms with Gasteiger partial charge < -0.3 is 107 Å². The van der Waals surface area contributed by atoms with E-state index in [1.807, 2.05) is 13.0 Å². The van der Waals surface area contributed by atoms with Crippen molar-refractivity contribution in [2.45, 2.75) is 262 Å². The lowest BCUT2D eigenvalue weighted by Gasteiger charge is -2.41. The molecule has 0 radical (unpaired) electrons. The summed E-state index contributed by atoms with van der Waals surface area (Å²) < 4.78 is 17.4. The van der Waals surface area contributed by atoms with Gasteiger partial charge in [-0.1, -0.05) is 97.1 Å². The highest BCUT2D eigenvalue weighted by atomic mass is 16.7. The zero-order valence-corrected chi connectivity index (χ0v) is 50.4. The number of aliphatic hydroxyl groups excluding tert-OH is 17. The van der Waals surface area contributed by atoms with Gasteiger partial charge in [-0.2, -0.15) is 0 Å². The van der Waals surface area contributed by atoms with E-state index >= 15 is 0 Å². The quantitative estimate of drug-likeness (QED) is 0.116. The number of hydrogen-bond acceptors (Lipinski definition) is 22. The highest BCUT2D eigenvalue weighted by Crippen LogP contribution is 2.30. The van der Waals surface area contributed by atoms with Crippen LogP contribution in [0.4, 0.5) is 0 Å². The lowest BCUT2D eigenvalue weighted by molar-refractivity contribution is -0.313. The van der Waals surface area contributed by atoms with E-state index in [9.17, 15) is 91.6 Å². The molecule has 22 heteroatoms. The molecule has 19 N–H and O–H groups in total. The van der Waals surface area contributed by atoms with Crippen molar-refractivity contribution < 1.29 is 106 Å². The van der Waals surface area contributed by atoms with Gasteiger partial charge in [0, 0.05) is 60.3 Å². The first kappa shape index (κ1) is 76.5. The molecule has 2 heterocycles. The fraction of sp³-hybridized carbons (Fsp3) is 0.820. The molecule has 0 unspecified atom stereocenters. The number of allylic oxidation sites excluding steroid dienone is 2. The molecule has 22 nitrogen and oxygen atoms in total. The van der Waals surface area contributed by atoms with Crippen molar-refractivity contribution in [2.24, 2.45) is 47.2 Å². The standard InChI is InChI=1S/C61H109NO21/c1-32-15-10-11-19-47(70)38(7)55(75)33(2)16-12-17-35(4)60(80)81-51(37(6)46(69)20-14-24-62)21-13-18-41(64)26-42(65)28-48(71)39(8)56(76)40(9)49(72)29-43(66)27-44(67)30-50(73)52(25-36(5)54(74)34(3)22-23-45(32)68)82-61-59(79)58(78)57(77)53(31-63)83-61/h10,13,15,17-18,22-23,25,32-34,37-59,61,63-79H,11-12,14,16,19-21,24,26-31,62H2,1-9H3/b15-10+,18-13+,23-22?,35-17+,36-25+/t32-,33-,34-,37+,38-,39-,40-,41+,42-,43-,44-,45-,46+,47-,48+,49-,50+,51-,52-,53+,54+,55+,56-,57+,58-,59-,61+/m1/s1. The molecule has 0 amide bonds. The van der Waals surface area contributed by atoms with Gasteiger partial charge in [0.25, 0.3) is 0 Å². The van der Waals surface area contributed by atoms with E-state index in [1.165, 1.54) is 39.0 Å². The van der Waals surface area contributed by atoms with Gasteiger partial charge in [0.15, 0.2) is 6.29 Å². The maximum atomic E-state index is 13.4. The Kier molecular flexibility index (Phi) is 35.6. The Bertz CT molecular complexity index is 1960. The van der Waals surface area contributed by atoms with Gasteiger partial charge in [-0.25, -0.2) is 4.79 Å². The van der Waals surface area contributed by atoms with E-state index in [0.29, 0.717) is 50.6 Å². The summed E-state index contributed by atoms with van der Waals surface area (Å²) >= 11 is 0. The molecule has 1 fully saturated rings. The van der Waals surface area contributed by atoms with Crippen molar-refractivity contribution in [3.8, 4) is 0 Å². The van der Waals surface area contributed by atoms with Crippen LogP contribution in [0.3, 0.4) is 0 Å². The monoisotopic (exact) mass is 1190 g/mol. The van der Waals surface area contributed by atoms with E-state index < -0.39 is 183 Å². The fourth-order valence-corrected chi connectivity index (χ4v) is 10.5. The predicted molar refractivity (Wildman–Crippen MR) is 310 cm³/mol. The van der Waals surface area contributed by atoms with E-state index in [1.54, 1.807) is 58.9 Å². The van der Waals surface area contributed by atoms with Crippen LogP contribution in [0.25, 0.3) is 0 Å². The van der Waals surface area contributed by atoms with Crippen LogP contribution >= 0.6 is 0 Å². The summed E-state index contributed by atoms with van der Waals surface area (Å²) in [6, 6.07) is 0. The molecule has 0 aromatic heterocycles. The van der Waals surface area contributed by atoms with E-state index in [2.05, 4.69) is 0 Å². The molecule has 0 aliphatic carbocycles. The van der Waals surface area contributed by atoms with Gasteiger partial charge in [0.05, 0.1) is 86.0 Å². The highest BCUT2D eigenvalue weighted by molar-refractivity contribution is 5.87. The largest absolute Gasteiger partial charge is 0.458 e. The second kappa shape index (κ2) is 38.6. The second-order valence-corrected chi connectivity index (χ2v) is 24.2. The number of aliphatic hydroxyl groups is 17. The molecule has 2 aliphatic rings. The molecule has 0 aromatic rings. The summed E-state index contributed by atoms with van der Waals surface area (Å²) in [5, 5.41) is 186. The molecule has 27 atom stereocenters. The average molecular weight is 1190 g/mol. The molecule has 83 heavy (non-hydrogen) atoms. The number of nitrogens with two attached hydrogens (primary N) is 1. The van der Waals surface area contributed by atoms with E-state index in [0.717, 1.165) is 0 Å². The van der Waals surface area contributed by atoms with Crippen molar-refractivity contribution >= 4 is 5.97 Å². The van der Waals surface area contributed by atoms with Crippen LogP contribution in [0.15, 0.2) is 59.8 Å². The molecular formula is C61H109NO21. The van der Waals surface area contributed by atoms with Crippen molar-refractivity contribution in [1.29, 1.82) is 0 Å². The number of hydrogen-bond donors (Lipinski definition) is 18. The summed E-state index contributed by atoms with van der Waals surface area (Å²) in [5.74, 6) is -4.84. The maximum absolute atomic E-state index is 13.4. The number of rotatable bonds is 8. The van der Waals surface area contributed by atoms with Crippen LogP contribution in [0.5, 0.6) is 0 Å². The summed E-state index contributed by atoms with van der Waals surface area (Å²) in [5.41, 5.74) is 6.22. The van der Waals surface area contributed by atoms with Gasteiger partial charge in [0.2, 0.25) is 0 Å². The molecule has 0 bridgehead atoms. The van der Waals surface area contributed by atoms with Gasteiger partial charge >= 0.3 is 5.97 Å². The molecule has 0 spiro atoms. The maximum Gasteiger partial charge on any atom is 0.333 e. The van der Waals surface area contributed by atoms with Crippen LogP contribution in [-0.2, 0) is 19.0 Å². The minimum Gasteiger partial charge on any atom is -0.458 e. The fourth-order valence-electron chi connectivity index (χ4n) is 10.5. The Balaban J connectivity index is 2.45. The molecule has 1 saturated heterocycles. The van der Waals surface area contributed by atoms with Crippen molar-refractivity contribution in [3.05, 3.63) is 59.8 Å². The average Bonchev–Trinajstić information content (AvgIpc) is 3.63. The Morgan fingerprint density at radius 3 is 1.81 bits per heavy atom. The van der Waals surface area contributed by atoms with E-state index in [-0.39, 0.29) is 37.2 Å². The molecule has 0 saturated carbocycles. The van der Waals surface area contributed by atoms with Gasteiger partial charge in [-0.15, -0.1) is 0 Å². The number of esters is 1. The third-order valence-electron chi connectivity index (χ3n) is 17.0. The normalized spacial score (nSPS) is 43.8. The van der Waals surface area contributed by atoms with Crippen LogP contribution in [0.1, 0.15) is 139 Å². The van der Waals surface area contributed by atoms with Gasteiger partial charge in [0.1, 0.15) is 36.6 Å². The van der Waals surface area contributed by atoms with Crippen LogP contribution in [-0.4, -0.2) is 228 Å². The van der Waals surface area contributed by atoms with Crippen molar-refractivity contribution in [2.75, 3.05) is 13.2 Å². The predicted octanol–water partition coefficient (Wildman–Crippen LogP) is 0.442. The lowest BCUT2D eigenvalue weighted by Crippen LogP contribution is -2.60. The number of carbonyl (C=O) groups excluding carboxylic acids is 1. The molecular weight excluding hydrogens is 1080 g/mol. The Morgan fingerprint density at radius 2 is 1.22 bits per heavy atom. The van der Waals surface area contributed by atoms with Crippen LogP contribution < -0.4 is 5.73 Å². The Morgan fingerprint density at radius 1 is 0.639 bits per heavy atom. The Labute approximate surface area is 492 Å². The molecule has 2 aliphatic heterocycles. The minimum atomic E-state index is -1.88. The third kappa shape index (κ3) is 25.9. The second-order valence-electron chi connectivity index (χ2n) is 24.2. The van der Waals surface area contributed by atoms with Crippen molar-refractivity contribution in [1.82, 2.24) is 0 Å². The SMILES string of the molecule is C/C1=C\CC[C@@H](C)[C@H](O)[C@H](C)[C@H](O)CC/C=C/[C@@H](C)[C@H](O)C=C[C@@H](C)[C@H](O)/C(C)=C/[C@@H](O[C@H]2O[C@@H](CO)[C@H](O)[C@@H](O)[C@H]2O)[C@@H](O)C[C@H](O)C[C@@H](O)C[C@@H](O)[C@@H](C)[C@H](O)[C@H](C)[C@@H](O)C[C@H](O)C[C@@H](O)/C=C/C[C@H]([C@@H](C)[C@@H](O)CCCN)OC1=O. The summed E-state index contributed by atoms with van der Waals surface area (Å²) in [7, 11) is 0. The third-order valence-corrected chi connectivity index (χ3v) is 17.0. The topological polar surface area (TPSA) is 415 Å². The zero-order chi connectivity index (χ0) is 63.0. The molecule has 0 aromatic carbocycles. The molecule has 484 valence electrons. The summed E-state index contributed by atoms with van der Waals surface area (Å²) in [6.45, 7) is 14.5. The number of cyclic esters (lactones) is 1.